The van der Waals surface area contributed by atoms with Crippen molar-refractivity contribution in [2.24, 2.45) is 0 Å². The lowest BCUT2D eigenvalue weighted by Crippen LogP contribution is -2.28. The molecule has 0 bridgehead atoms. The van der Waals surface area contributed by atoms with Gasteiger partial charge in [0.05, 0.1) is 25.7 Å². The van der Waals surface area contributed by atoms with Crippen molar-refractivity contribution in [2.75, 3.05) is 13.2 Å². The van der Waals surface area contributed by atoms with Crippen LogP contribution in [0.2, 0.25) is 5.02 Å². The first-order valence-electron chi connectivity index (χ1n) is 8.46. The third kappa shape index (κ3) is 5.68. The number of halogens is 1. The van der Waals surface area contributed by atoms with Gasteiger partial charge in [-0.2, -0.15) is 0 Å². The van der Waals surface area contributed by atoms with Gasteiger partial charge in [-0.3, -0.25) is 4.79 Å². The van der Waals surface area contributed by atoms with E-state index in [0.717, 1.165) is 11.1 Å². The van der Waals surface area contributed by atoms with Gasteiger partial charge in [0.25, 0.3) is 0 Å². The Bertz CT molecular complexity index is 701. The normalized spacial score (nSPS) is 11.7. The molecule has 0 aromatic heterocycles. The summed E-state index contributed by atoms with van der Waals surface area (Å²) in [5.74, 6) is 1.37. The minimum absolute atomic E-state index is 0.0401. The van der Waals surface area contributed by atoms with Gasteiger partial charge in [0, 0.05) is 5.02 Å². The van der Waals surface area contributed by atoms with Gasteiger partial charge < -0.3 is 14.8 Å². The zero-order valence-electron chi connectivity index (χ0n) is 14.8. The van der Waals surface area contributed by atoms with E-state index in [-0.39, 0.29) is 11.9 Å². The molecule has 4 nitrogen and oxygen atoms in total. The predicted molar refractivity (Wildman–Crippen MR) is 100 cm³/mol. The smallest absolute Gasteiger partial charge is 0.224 e. The van der Waals surface area contributed by atoms with Crippen molar-refractivity contribution < 1.29 is 14.3 Å². The second-order valence-electron chi connectivity index (χ2n) is 5.66. The van der Waals surface area contributed by atoms with Crippen molar-refractivity contribution >= 4 is 17.5 Å². The monoisotopic (exact) mass is 361 g/mol. The molecule has 0 aliphatic carbocycles. The molecule has 0 saturated heterocycles. The Labute approximate surface area is 154 Å². The van der Waals surface area contributed by atoms with Crippen LogP contribution < -0.4 is 14.8 Å². The van der Waals surface area contributed by atoms with Gasteiger partial charge in [0.1, 0.15) is 0 Å². The van der Waals surface area contributed by atoms with E-state index >= 15 is 0 Å². The number of carbonyl (C=O) groups is 1. The standard InChI is InChI=1S/C20H24ClNO3/c1-4-24-18-11-8-16(13-19(18)25-5-2)14(3)22-20(23)12-15-6-9-17(21)10-7-15/h6-11,13-14H,4-5,12H2,1-3H3,(H,22,23)/t14-/m1/s1. The number of rotatable bonds is 8. The molecule has 25 heavy (non-hydrogen) atoms. The molecule has 0 heterocycles. The molecule has 0 saturated carbocycles. The number of carbonyl (C=O) groups excluding carboxylic acids is 1. The van der Waals surface area contributed by atoms with E-state index in [1.807, 2.05) is 51.1 Å². The van der Waals surface area contributed by atoms with Crippen LogP contribution in [0.15, 0.2) is 42.5 Å². The van der Waals surface area contributed by atoms with Crippen LogP contribution in [0, 0.1) is 0 Å². The number of nitrogens with one attached hydrogen (secondary N) is 1. The zero-order chi connectivity index (χ0) is 18.2. The van der Waals surface area contributed by atoms with E-state index in [1.165, 1.54) is 0 Å². The Morgan fingerprint density at radius 3 is 2.32 bits per heavy atom. The fourth-order valence-electron chi connectivity index (χ4n) is 2.50. The van der Waals surface area contributed by atoms with Crippen molar-refractivity contribution in [2.45, 2.75) is 33.2 Å². The second-order valence-corrected chi connectivity index (χ2v) is 6.10. The molecule has 2 rings (SSSR count). The molecule has 0 aliphatic rings. The molecule has 0 unspecified atom stereocenters. The zero-order valence-corrected chi connectivity index (χ0v) is 15.6. The maximum atomic E-state index is 12.3. The highest BCUT2D eigenvalue weighted by Gasteiger charge is 2.13. The number of ether oxygens (including phenoxy) is 2. The Morgan fingerprint density at radius 2 is 1.68 bits per heavy atom. The number of benzene rings is 2. The van der Waals surface area contributed by atoms with Crippen LogP contribution in [-0.4, -0.2) is 19.1 Å². The molecular weight excluding hydrogens is 338 g/mol. The van der Waals surface area contributed by atoms with Gasteiger partial charge in [-0.25, -0.2) is 0 Å². The topological polar surface area (TPSA) is 47.6 Å². The molecule has 0 spiro atoms. The fraction of sp³-hybridized carbons (Fsp3) is 0.350. The van der Waals surface area contributed by atoms with Crippen LogP contribution >= 0.6 is 11.6 Å². The Morgan fingerprint density at radius 1 is 1.04 bits per heavy atom. The summed E-state index contributed by atoms with van der Waals surface area (Å²) >= 11 is 5.87. The molecular formula is C20H24ClNO3. The van der Waals surface area contributed by atoms with Crippen molar-refractivity contribution in [3.8, 4) is 11.5 Å². The average molecular weight is 362 g/mol. The van der Waals surface area contributed by atoms with Gasteiger partial charge in [0.2, 0.25) is 5.91 Å². The summed E-state index contributed by atoms with van der Waals surface area (Å²) < 4.78 is 11.2. The summed E-state index contributed by atoms with van der Waals surface area (Å²) in [6.45, 7) is 6.95. The Kier molecular flexibility index (Phi) is 7.14. The van der Waals surface area contributed by atoms with Crippen LogP contribution in [0.3, 0.4) is 0 Å². The van der Waals surface area contributed by atoms with Crippen LogP contribution in [-0.2, 0) is 11.2 Å². The van der Waals surface area contributed by atoms with E-state index < -0.39 is 0 Å². The molecule has 1 atom stereocenters. The van der Waals surface area contributed by atoms with Crippen LogP contribution in [0.4, 0.5) is 0 Å². The molecule has 0 radical (unpaired) electrons. The molecule has 2 aromatic rings. The first-order chi connectivity index (χ1) is 12.0. The van der Waals surface area contributed by atoms with Crippen molar-refractivity contribution in [1.29, 1.82) is 0 Å². The predicted octanol–water partition coefficient (Wildman–Crippen LogP) is 4.56. The van der Waals surface area contributed by atoms with Gasteiger partial charge in [-0.05, 0) is 56.2 Å². The minimum Gasteiger partial charge on any atom is -0.490 e. The second kappa shape index (κ2) is 9.33. The van der Waals surface area contributed by atoms with Crippen molar-refractivity contribution in [3.05, 3.63) is 58.6 Å². The highest BCUT2D eigenvalue weighted by atomic mass is 35.5. The minimum atomic E-state index is -0.130. The fourth-order valence-corrected chi connectivity index (χ4v) is 2.63. The van der Waals surface area contributed by atoms with E-state index in [1.54, 1.807) is 12.1 Å². The third-order valence-corrected chi connectivity index (χ3v) is 3.97. The molecule has 1 N–H and O–H groups in total. The lowest BCUT2D eigenvalue weighted by atomic mass is 10.1. The molecule has 0 fully saturated rings. The molecule has 0 aliphatic heterocycles. The van der Waals surface area contributed by atoms with Crippen LogP contribution in [0.5, 0.6) is 11.5 Å². The molecule has 134 valence electrons. The SMILES string of the molecule is CCOc1ccc([C@@H](C)NC(=O)Cc2ccc(Cl)cc2)cc1OCC. The van der Waals surface area contributed by atoms with Crippen LogP contribution in [0.25, 0.3) is 0 Å². The number of amides is 1. The first-order valence-corrected chi connectivity index (χ1v) is 8.84. The van der Waals surface area contributed by atoms with E-state index in [4.69, 9.17) is 21.1 Å². The molecule has 1 amide bonds. The van der Waals surface area contributed by atoms with E-state index in [2.05, 4.69) is 5.32 Å². The summed E-state index contributed by atoms with van der Waals surface area (Å²) in [4.78, 5) is 12.3. The third-order valence-electron chi connectivity index (χ3n) is 3.72. The van der Waals surface area contributed by atoms with Gasteiger partial charge >= 0.3 is 0 Å². The Balaban J connectivity index is 2.03. The average Bonchev–Trinajstić information content (AvgIpc) is 2.59. The first kappa shape index (κ1) is 19.1. The van der Waals surface area contributed by atoms with E-state index in [0.29, 0.717) is 36.2 Å². The highest BCUT2D eigenvalue weighted by Crippen LogP contribution is 2.30. The summed E-state index contributed by atoms with van der Waals surface area (Å²) in [6.07, 6.45) is 0.316. The van der Waals surface area contributed by atoms with Crippen molar-refractivity contribution in [3.63, 3.8) is 0 Å². The number of hydrogen-bond acceptors (Lipinski definition) is 3. The molecule has 5 heteroatoms. The van der Waals surface area contributed by atoms with Gasteiger partial charge in [0.15, 0.2) is 11.5 Å². The largest absolute Gasteiger partial charge is 0.490 e. The Hall–Kier alpha value is -2.20. The summed E-state index contributed by atoms with van der Waals surface area (Å²) in [7, 11) is 0. The van der Waals surface area contributed by atoms with Gasteiger partial charge in [-0.15, -0.1) is 0 Å². The van der Waals surface area contributed by atoms with Gasteiger partial charge in [-0.1, -0.05) is 29.8 Å². The summed E-state index contributed by atoms with van der Waals surface area (Å²) in [6, 6.07) is 12.9. The van der Waals surface area contributed by atoms with Crippen LogP contribution in [0.1, 0.15) is 37.9 Å². The number of hydrogen-bond donors (Lipinski definition) is 1. The lowest BCUT2D eigenvalue weighted by Gasteiger charge is -2.17. The summed E-state index contributed by atoms with van der Waals surface area (Å²) in [5, 5.41) is 3.67. The maximum Gasteiger partial charge on any atom is 0.224 e. The summed E-state index contributed by atoms with van der Waals surface area (Å²) in [5.41, 5.74) is 1.90. The maximum absolute atomic E-state index is 12.3. The van der Waals surface area contributed by atoms with Crippen molar-refractivity contribution in [1.82, 2.24) is 5.32 Å². The quantitative estimate of drug-likeness (QED) is 0.749. The lowest BCUT2D eigenvalue weighted by molar-refractivity contribution is -0.121. The van der Waals surface area contributed by atoms with E-state index in [9.17, 15) is 4.79 Å². The molecule has 2 aromatic carbocycles. The highest BCUT2D eigenvalue weighted by molar-refractivity contribution is 6.30.